The third kappa shape index (κ3) is 3.48. The van der Waals surface area contributed by atoms with Gasteiger partial charge in [-0.2, -0.15) is 0 Å². The first-order valence-corrected chi connectivity index (χ1v) is 6.40. The molecule has 1 aliphatic carbocycles. The van der Waals surface area contributed by atoms with Crippen LogP contribution in [0.25, 0.3) is 0 Å². The molecule has 1 saturated carbocycles. The molecule has 3 heteroatoms. The van der Waals surface area contributed by atoms with Crippen LogP contribution in [0, 0.1) is 0 Å². The lowest BCUT2D eigenvalue weighted by Crippen LogP contribution is -2.34. The van der Waals surface area contributed by atoms with Gasteiger partial charge in [0.15, 0.2) is 5.96 Å². The molecular weight excluding hydrogens is 210 g/mol. The molecule has 3 nitrogen and oxygen atoms in total. The van der Waals surface area contributed by atoms with Crippen LogP contribution in [-0.4, -0.2) is 12.0 Å². The summed E-state index contributed by atoms with van der Waals surface area (Å²) in [5.41, 5.74) is 7.16. The summed E-state index contributed by atoms with van der Waals surface area (Å²) < 4.78 is 0. The van der Waals surface area contributed by atoms with Crippen LogP contribution in [0.5, 0.6) is 0 Å². The molecule has 0 aliphatic heterocycles. The number of nitrogens with one attached hydrogen (secondary N) is 1. The van der Waals surface area contributed by atoms with Gasteiger partial charge in [0.05, 0.1) is 12.1 Å². The molecule has 0 radical (unpaired) electrons. The highest BCUT2D eigenvalue weighted by molar-refractivity contribution is 5.78. The SMILES string of the molecule is CC(NC(N)=NC1CCCC1)c1ccccc1. The summed E-state index contributed by atoms with van der Waals surface area (Å²) in [7, 11) is 0. The monoisotopic (exact) mass is 231 g/mol. The first kappa shape index (κ1) is 12.0. The molecule has 0 bridgehead atoms. The van der Waals surface area contributed by atoms with E-state index in [1.807, 2.05) is 18.2 Å². The van der Waals surface area contributed by atoms with Gasteiger partial charge in [-0.25, -0.2) is 0 Å². The minimum atomic E-state index is 0.210. The molecule has 3 N–H and O–H groups in total. The summed E-state index contributed by atoms with van der Waals surface area (Å²) >= 11 is 0. The van der Waals surface area contributed by atoms with Crippen molar-refractivity contribution in [3.63, 3.8) is 0 Å². The molecule has 1 aromatic carbocycles. The smallest absolute Gasteiger partial charge is 0.189 e. The normalized spacial score (nSPS) is 19.2. The molecule has 92 valence electrons. The number of hydrogen-bond donors (Lipinski definition) is 2. The van der Waals surface area contributed by atoms with Crippen molar-refractivity contribution in [1.29, 1.82) is 0 Å². The van der Waals surface area contributed by atoms with Crippen molar-refractivity contribution in [3.05, 3.63) is 35.9 Å². The number of aliphatic imine (C=N–C) groups is 1. The van der Waals surface area contributed by atoms with Crippen molar-refractivity contribution in [2.45, 2.75) is 44.7 Å². The van der Waals surface area contributed by atoms with E-state index in [-0.39, 0.29) is 6.04 Å². The fourth-order valence-electron chi connectivity index (χ4n) is 2.31. The van der Waals surface area contributed by atoms with Crippen LogP contribution in [0.3, 0.4) is 0 Å². The standard InChI is InChI=1S/C14H21N3/c1-11(12-7-3-2-4-8-12)16-14(15)17-13-9-5-6-10-13/h2-4,7-8,11,13H,5-6,9-10H2,1H3,(H3,15,16,17). The van der Waals surface area contributed by atoms with Gasteiger partial charge >= 0.3 is 0 Å². The Hall–Kier alpha value is -1.51. The van der Waals surface area contributed by atoms with Gasteiger partial charge < -0.3 is 11.1 Å². The average molecular weight is 231 g/mol. The Kier molecular flexibility index (Phi) is 4.02. The molecule has 17 heavy (non-hydrogen) atoms. The molecule has 0 heterocycles. The summed E-state index contributed by atoms with van der Waals surface area (Å²) in [4.78, 5) is 4.52. The summed E-state index contributed by atoms with van der Waals surface area (Å²) in [6, 6.07) is 10.9. The number of nitrogens with two attached hydrogens (primary N) is 1. The Morgan fingerprint density at radius 3 is 2.59 bits per heavy atom. The lowest BCUT2D eigenvalue weighted by atomic mass is 10.1. The van der Waals surface area contributed by atoms with Gasteiger partial charge in [-0.1, -0.05) is 43.2 Å². The van der Waals surface area contributed by atoms with Gasteiger partial charge in [-0.05, 0) is 25.3 Å². The average Bonchev–Trinajstić information content (AvgIpc) is 2.82. The van der Waals surface area contributed by atoms with Crippen LogP contribution in [0.1, 0.15) is 44.2 Å². The summed E-state index contributed by atoms with van der Waals surface area (Å²) in [6.07, 6.45) is 4.94. The van der Waals surface area contributed by atoms with Crippen LogP contribution < -0.4 is 11.1 Å². The number of rotatable bonds is 3. The van der Waals surface area contributed by atoms with E-state index < -0.39 is 0 Å². The number of benzene rings is 1. The van der Waals surface area contributed by atoms with Crippen molar-refractivity contribution in [1.82, 2.24) is 5.32 Å². The number of guanidine groups is 1. The van der Waals surface area contributed by atoms with Crippen LogP contribution in [0.2, 0.25) is 0 Å². The second-order valence-corrected chi connectivity index (χ2v) is 4.73. The van der Waals surface area contributed by atoms with Crippen molar-refractivity contribution in [3.8, 4) is 0 Å². The Balaban J connectivity index is 1.91. The van der Waals surface area contributed by atoms with E-state index in [0.29, 0.717) is 12.0 Å². The van der Waals surface area contributed by atoms with Crippen LogP contribution in [0.15, 0.2) is 35.3 Å². The maximum absolute atomic E-state index is 5.93. The minimum Gasteiger partial charge on any atom is -0.370 e. The Bertz CT molecular complexity index is 366. The highest BCUT2D eigenvalue weighted by atomic mass is 15.1. The molecule has 1 atom stereocenters. The Morgan fingerprint density at radius 2 is 1.94 bits per heavy atom. The molecule has 0 amide bonds. The predicted molar refractivity (Wildman–Crippen MR) is 71.9 cm³/mol. The van der Waals surface area contributed by atoms with E-state index in [0.717, 1.165) is 0 Å². The van der Waals surface area contributed by atoms with E-state index in [9.17, 15) is 0 Å². The molecular formula is C14H21N3. The quantitative estimate of drug-likeness (QED) is 0.620. The summed E-state index contributed by atoms with van der Waals surface area (Å²) in [6.45, 7) is 2.10. The molecule has 1 aliphatic rings. The van der Waals surface area contributed by atoms with Crippen molar-refractivity contribution in [2.75, 3.05) is 0 Å². The Labute approximate surface area is 103 Å². The van der Waals surface area contributed by atoms with Gasteiger partial charge in [0, 0.05) is 0 Å². The zero-order valence-corrected chi connectivity index (χ0v) is 10.4. The maximum atomic E-state index is 5.93. The first-order chi connectivity index (χ1) is 8.25. The third-order valence-electron chi connectivity index (χ3n) is 3.31. The van der Waals surface area contributed by atoms with Gasteiger partial charge in [0.1, 0.15) is 0 Å². The number of nitrogens with zero attached hydrogens (tertiary/aromatic N) is 1. The predicted octanol–water partition coefficient (Wildman–Crippen LogP) is 2.59. The third-order valence-corrected chi connectivity index (χ3v) is 3.31. The van der Waals surface area contributed by atoms with Crippen molar-refractivity contribution in [2.24, 2.45) is 10.7 Å². The second-order valence-electron chi connectivity index (χ2n) is 4.73. The van der Waals surface area contributed by atoms with Gasteiger partial charge in [0.25, 0.3) is 0 Å². The number of hydrogen-bond acceptors (Lipinski definition) is 1. The van der Waals surface area contributed by atoms with E-state index in [1.165, 1.54) is 31.2 Å². The molecule has 2 rings (SSSR count). The van der Waals surface area contributed by atoms with E-state index in [4.69, 9.17) is 5.73 Å². The zero-order valence-electron chi connectivity index (χ0n) is 10.4. The topological polar surface area (TPSA) is 50.4 Å². The fourth-order valence-corrected chi connectivity index (χ4v) is 2.31. The first-order valence-electron chi connectivity index (χ1n) is 6.40. The minimum absolute atomic E-state index is 0.210. The zero-order chi connectivity index (χ0) is 12.1. The van der Waals surface area contributed by atoms with Crippen LogP contribution in [-0.2, 0) is 0 Å². The van der Waals surface area contributed by atoms with Gasteiger partial charge in [0.2, 0.25) is 0 Å². The largest absolute Gasteiger partial charge is 0.370 e. The molecule has 0 saturated heterocycles. The van der Waals surface area contributed by atoms with E-state index >= 15 is 0 Å². The van der Waals surface area contributed by atoms with Crippen LogP contribution in [0.4, 0.5) is 0 Å². The van der Waals surface area contributed by atoms with E-state index in [2.05, 4.69) is 29.4 Å². The second kappa shape index (κ2) is 5.71. The van der Waals surface area contributed by atoms with Crippen molar-refractivity contribution < 1.29 is 0 Å². The lowest BCUT2D eigenvalue weighted by Gasteiger charge is -2.15. The van der Waals surface area contributed by atoms with Gasteiger partial charge in [-0.3, -0.25) is 4.99 Å². The molecule has 0 aromatic heterocycles. The summed E-state index contributed by atoms with van der Waals surface area (Å²) in [5.74, 6) is 0.577. The van der Waals surface area contributed by atoms with Crippen LogP contribution >= 0.6 is 0 Å². The van der Waals surface area contributed by atoms with Crippen molar-refractivity contribution >= 4 is 5.96 Å². The molecule has 0 spiro atoms. The highest BCUT2D eigenvalue weighted by Gasteiger charge is 2.14. The fraction of sp³-hybridized carbons (Fsp3) is 0.500. The maximum Gasteiger partial charge on any atom is 0.189 e. The van der Waals surface area contributed by atoms with Gasteiger partial charge in [-0.15, -0.1) is 0 Å². The molecule has 1 unspecified atom stereocenters. The molecule has 1 aromatic rings. The lowest BCUT2D eigenvalue weighted by molar-refractivity contribution is 0.669. The Morgan fingerprint density at radius 1 is 1.29 bits per heavy atom. The highest BCUT2D eigenvalue weighted by Crippen LogP contribution is 2.20. The summed E-state index contributed by atoms with van der Waals surface area (Å²) in [5, 5.41) is 3.25. The molecule has 1 fully saturated rings. The van der Waals surface area contributed by atoms with E-state index in [1.54, 1.807) is 0 Å².